The van der Waals surface area contributed by atoms with Crippen LogP contribution in [0.2, 0.25) is 0 Å². The van der Waals surface area contributed by atoms with Crippen LogP contribution in [0.4, 0.5) is 0 Å². The van der Waals surface area contributed by atoms with Crippen LogP contribution in [0.1, 0.15) is 25.7 Å². The van der Waals surface area contributed by atoms with Crippen LogP contribution < -0.4 is 0 Å². The van der Waals surface area contributed by atoms with Crippen molar-refractivity contribution in [2.24, 2.45) is 23.2 Å². The molecule has 2 rings (SSSR count). The Kier molecular flexibility index (Phi) is 4.84. The average molecular weight is 306 g/mol. The van der Waals surface area contributed by atoms with Crippen molar-refractivity contribution < 1.29 is 23.9 Å². The molecule has 0 aromatic carbocycles. The van der Waals surface area contributed by atoms with Gasteiger partial charge in [-0.05, 0) is 31.1 Å². The minimum atomic E-state index is -1.43. The Hall–Kier alpha value is -1.91. The largest absolute Gasteiger partial charge is 0.468 e. The molecule has 0 amide bonds. The highest BCUT2D eigenvalue weighted by molar-refractivity contribution is 6.02. The highest BCUT2D eigenvalue weighted by atomic mass is 16.5. The number of allylic oxidation sites excluding steroid dienone is 3. The van der Waals surface area contributed by atoms with Crippen LogP contribution in [0.15, 0.2) is 24.8 Å². The third-order valence-electron chi connectivity index (χ3n) is 4.95. The quantitative estimate of drug-likeness (QED) is 0.452. The van der Waals surface area contributed by atoms with Gasteiger partial charge in [0.05, 0.1) is 14.2 Å². The standard InChI is InChI=1S/C17H22O5/c1-4-7-13-11-8-5-6-9-14(18)12(11)10-17(13,15(19)21-2)16(20)22-3/h4-5,8,11-13H,1,6-7,9-10H2,2-3H3/t11-,12+,13-/m0/s1. The molecule has 0 aromatic rings. The number of fused-ring (bicyclic) bond motifs is 1. The topological polar surface area (TPSA) is 69.7 Å². The molecule has 0 radical (unpaired) electrons. The monoisotopic (exact) mass is 306 g/mol. The second kappa shape index (κ2) is 6.46. The second-order valence-corrected chi connectivity index (χ2v) is 5.91. The molecule has 1 fully saturated rings. The van der Waals surface area contributed by atoms with E-state index in [1.807, 2.05) is 12.2 Å². The highest BCUT2D eigenvalue weighted by Gasteiger charge is 2.64. The molecule has 3 atom stereocenters. The molecule has 0 unspecified atom stereocenters. The third-order valence-corrected chi connectivity index (χ3v) is 4.95. The van der Waals surface area contributed by atoms with Gasteiger partial charge >= 0.3 is 11.9 Å². The van der Waals surface area contributed by atoms with E-state index < -0.39 is 17.4 Å². The number of carbonyl (C=O) groups excluding carboxylic acids is 3. The summed E-state index contributed by atoms with van der Waals surface area (Å²) >= 11 is 0. The van der Waals surface area contributed by atoms with Crippen molar-refractivity contribution in [1.82, 2.24) is 0 Å². The smallest absolute Gasteiger partial charge is 0.323 e. The zero-order valence-electron chi connectivity index (χ0n) is 13.0. The van der Waals surface area contributed by atoms with Crippen LogP contribution in [0.3, 0.4) is 0 Å². The van der Waals surface area contributed by atoms with E-state index in [0.717, 1.165) is 0 Å². The van der Waals surface area contributed by atoms with Gasteiger partial charge in [-0.15, -0.1) is 6.58 Å². The van der Waals surface area contributed by atoms with Crippen molar-refractivity contribution >= 4 is 17.7 Å². The number of esters is 2. The Labute approximate surface area is 130 Å². The minimum absolute atomic E-state index is 0.0961. The van der Waals surface area contributed by atoms with E-state index in [2.05, 4.69) is 6.58 Å². The maximum atomic E-state index is 12.5. The van der Waals surface area contributed by atoms with Gasteiger partial charge in [-0.3, -0.25) is 14.4 Å². The maximum absolute atomic E-state index is 12.5. The average Bonchev–Trinajstić information content (AvgIpc) is 2.75. The number of hydrogen-bond acceptors (Lipinski definition) is 5. The predicted octanol–water partition coefficient (Wildman–Crippen LogP) is 2.07. The lowest BCUT2D eigenvalue weighted by atomic mass is 9.73. The van der Waals surface area contributed by atoms with Crippen LogP contribution in [0.25, 0.3) is 0 Å². The molecular weight excluding hydrogens is 284 g/mol. The van der Waals surface area contributed by atoms with Crippen molar-refractivity contribution in [3.05, 3.63) is 24.8 Å². The Morgan fingerprint density at radius 3 is 2.55 bits per heavy atom. The first kappa shape index (κ1) is 16.5. The second-order valence-electron chi connectivity index (χ2n) is 5.91. The van der Waals surface area contributed by atoms with Crippen molar-refractivity contribution in [2.75, 3.05) is 14.2 Å². The van der Waals surface area contributed by atoms with Gasteiger partial charge in [0.2, 0.25) is 0 Å². The van der Waals surface area contributed by atoms with Gasteiger partial charge in [0.15, 0.2) is 5.41 Å². The van der Waals surface area contributed by atoms with Gasteiger partial charge in [0, 0.05) is 12.3 Å². The summed E-state index contributed by atoms with van der Waals surface area (Å²) in [5.74, 6) is -2.03. The van der Waals surface area contributed by atoms with Gasteiger partial charge in [-0.1, -0.05) is 18.2 Å². The highest BCUT2D eigenvalue weighted by Crippen LogP contribution is 2.55. The fourth-order valence-electron chi connectivity index (χ4n) is 3.96. The molecule has 5 heteroatoms. The molecule has 0 spiro atoms. The van der Waals surface area contributed by atoms with Crippen LogP contribution >= 0.6 is 0 Å². The van der Waals surface area contributed by atoms with Gasteiger partial charge in [0.1, 0.15) is 5.78 Å². The van der Waals surface area contributed by atoms with Crippen LogP contribution in [-0.2, 0) is 23.9 Å². The third kappa shape index (κ3) is 2.38. The van der Waals surface area contributed by atoms with Gasteiger partial charge in [0.25, 0.3) is 0 Å². The zero-order chi connectivity index (χ0) is 16.3. The zero-order valence-corrected chi connectivity index (χ0v) is 13.0. The SMILES string of the molecule is C=CC[C@H]1[C@H]2C=CCCC(=O)[C@@H]2CC1(C(=O)OC)C(=O)OC. The molecular formula is C17H22O5. The normalized spacial score (nSPS) is 29.4. The van der Waals surface area contributed by atoms with Crippen molar-refractivity contribution in [3.8, 4) is 0 Å². The summed E-state index contributed by atoms with van der Waals surface area (Å²) in [6.07, 6.45) is 7.35. The van der Waals surface area contributed by atoms with Gasteiger partial charge < -0.3 is 9.47 Å². The first-order valence-electron chi connectivity index (χ1n) is 7.50. The van der Waals surface area contributed by atoms with E-state index in [9.17, 15) is 14.4 Å². The Bertz CT molecular complexity index is 503. The van der Waals surface area contributed by atoms with E-state index in [1.165, 1.54) is 14.2 Å². The van der Waals surface area contributed by atoms with Crippen LogP contribution in [0, 0.1) is 23.2 Å². The van der Waals surface area contributed by atoms with E-state index in [0.29, 0.717) is 19.3 Å². The molecule has 120 valence electrons. The van der Waals surface area contributed by atoms with Crippen LogP contribution in [-0.4, -0.2) is 31.9 Å². The van der Waals surface area contributed by atoms with E-state index in [4.69, 9.17) is 9.47 Å². The number of ether oxygens (including phenoxy) is 2. The van der Waals surface area contributed by atoms with Gasteiger partial charge in [-0.2, -0.15) is 0 Å². The molecule has 2 aliphatic carbocycles. The summed E-state index contributed by atoms with van der Waals surface area (Å²) in [5.41, 5.74) is -1.43. The molecule has 0 aliphatic heterocycles. The number of ketones is 1. The van der Waals surface area contributed by atoms with E-state index in [1.54, 1.807) is 6.08 Å². The Balaban J connectivity index is 2.55. The summed E-state index contributed by atoms with van der Waals surface area (Å²) < 4.78 is 9.80. The Morgan fingerprint density at radius 1 is 1.36 bits per heavy atom. The molecule has 1 saturated carbocycles. The fraction of sp³-hybridized carbons (Fsp3) is 0.588. The number of Topliss-reactive ketones (excluding diaryl/α,β-unsaturated/α-hetero) is 1. The predicted molar refractivity (Wildman–Crippen MR) is 79.7 cm³/mol. The maximum Gasteiger partial charge on any atom is 0.323 e. The van der Waals surface area contributed by atoms with Crippen molar-refractivity contribution in [2.45, 2.75) is 25.7 Å². The van der Waals surface area contributed by atoms with E-state index in [-0.39, 0.29) is 30.0 Å². The summed E-state index contributed by atoms with van der Waals surface area (Å²) in [4.78, 5) is 37.3. The number of methoxy groups -OCH3 is 2. The lowest BCUT2D eigenvalue weighted by molar-refractivity contribution is -0.172. The van der Waals surface area contributed by atoms with E-state index >= 15 is 0 Å². The van der Waals surface area contributed by atoms with Gasteiger partial charge in [-0.25, -0.2) is 0 Å². The molecule has 22 heavy (non-hydrogen) atoms. The first-order valence-corrected chi connectivity index (χ1v) is 7.50. The molecule has 5 nitrogen and oxygen atoms in total. The summed E-state index contributed by atoms with van der Waals surface area (Å²) in [7, 11) is 2.51. The minimum Gasteiger partial charge on any atom is -0.468 e. The van der Waals surface area contributed by atoms with Crippen LogP contribution in [0.5, 0.6) is 0 Å². The lowest BCUT2D eigenvalue weighted by Crippen LogP contribution is -2.45. The van der Waals surface area contributed by atoms with Crippen molar-refractivity contribution in [3.63, 3.8) is 0 Å². The summed E-state index contributed by atoms with van der Waals surface area (Å²) in [6, 6.07) is 0. The lowest BCUT2D eigenvalue weighted by Gasteiger charge is -2.31. The molecule has 0 saturated heterocycles. The van der Waals surface area contributed by atoms with Crippen molar-refractivity contribution in [1.29, 1.82) is 0 Å². The first-order chi connectivity index (χ1) is 10.5. The molecule has 0 heterocycles. The molecule has 2 aliphatic rings. The number of hydrogen-bond donors (Lipinski definition) is 0. The molecule has 0 bridgehead atoms. The number of carbonyl (C=O) groups is 3. The molecule has 0 aromatic heterocycles. The summed E-state index contributed by atoms with van der Waals surface area (Å²) in [5, 5.41) is 0. The summed E-state index contributed by atoms with van der Waals surface area (Å²) in [6.45, 7) is 3.73. The number of rotatable bonds is 4. The Morgan fingerprint density at radius 2 is 2.00 bits per heavy atom. The fourth-order valence-corrected chi connectivity index (χ4v) is 3.96. The molecule has 0 N–H and O–H groups in total.